The summed E-state index contributed by atoms with van der Waals surface area (Å²) in [5.74, 6) is -0.736. The van der Waals surface area contributed by atoms with Crippen LogP contribution in [0.4, 0.5) is 24.5 Å². The SMILES string of the molecule is CC(C)CN(C)[C@@H](CN)C(=O)Nc1ccc(N2CCOCC2=O)c(C(F)(F)F)c1. The highest BCUT2D eigenvalue weighted by Crippen LogP contribution is 2.38. The van der Waals surface area contributed by atoms with Crippen LogP contribution in [0.2, 0.25) is 0 Å². The van der Waals surface area contributed by atoms with Gasteiger partial charge >= 0.3 is 6.18 Å². The lowest BCUT2D eigenvalue weighted by Crippen LogP contribution is -2.48. The molecule has 7 nitrogen and oxygen atoms in total. The fourth-order valence-electron chi connectivity index (χ4n) is 3.26. The number of carbonyl (C=O) groups excluding carboxylic acids is 2. The van der Waals surface area contributed by atoms with Crippen molar-refractivity contribution in [2.24, 2.45) is 11.7 Å². The van der Waals surface area contributed by atoms with Crippen LogP contribution in [-0.4, -0.2) is 62.7 Å². The number of morpholine rings is 1. The zero-order valence-corrected chi connectivity index (χ0v) is 16.8. The minimum absolute atomic E-state index is 0.0109. The number of nitrogens with one attached hydrogen (secondary N) is 1. The average molecular weight is 416 g/mol. The molecule has 1 aromatic carbocycles. The summed E-state index contributed by atoms with van der Waals surface area (Å²) in [6, 6.07) is 2.71. The van der Waals surface area contributed by atoms with Crippen LogP contribution in [0.15, 0.2) is 18.2 Å². The monoisotopic (exact) mass is 416 g/mol. The maximum atomic E-state index is 13.6. The maximum Gasteiger partial charge on any atom is 0.418 e. The van der Waals surface area contributed by atoms with Crippen molar-refractivity contribution in [3.05, 3.63) is 23.8 Å². The Hall–Kier alpha value is -2.17. The molecule has 1 atom stereocenters. The van der Waals surface area contributed by atoms with Gasteiger partial charge in [0, 0.05) is 25.3 Å². The Morgan fingerprint density at radius 1 is 1.38 bits per heavy atom. The van der Waals surface area contributed by atoms with Gasteiger partial charge in [-0.25, -0.2) is 0 Å². The second-order valence-corrected chi connectivity index (χ2v) is 7.40. The van der Waals surface area contributed by atoms with Gasteiger partial charge in [-0.1, -0.05) is 13.8 Å². The molecule has 0 bridgehead atoms. The van der Waals surface area contributed by atoms with E-state index in [1.165, 1.54) is 12.1 Å². The molecule has 2 amide bonds. The summed E-state index contributed by atoms with van der Waals surface area (Å²) in [6.07, 6.45) is -4.70. The molecule has 0 radical (unpaired) electrons. The molecule has 3 N–H and O–H groups in total. The molecule has 1 aliphatic rings. The van der Waals surface area contributed by atoms with Gasteiger partial charge in [0.25, 0.3) is 5.91 Å². The molecule has 0 aliphatic carbocycles. The van der Waals surface area contributed by atoms with Crippen molar-refractivity contribution in [2.75, 3.05) is 50.1 Å². The van der Waals surface area contributed by atoms with Gasteiger partial charge in [-0.15, -0.1) is 0 Å². The molecular formula is C19H27F3N4O3. The summed E-state index contributed by atoms with van der Waals surface area (Å²) >= 11 is 0. The van der Waals surface area contributed by atoms with E-state index in [0.717, 1.165) is 11.0 Å². The third kappa shape index (κ3) is 5.91. The van der Waals surface area contributed by atoms with Crippen LogP contribution >= 0.6 is 0 Å². The molecule has 10 heteroatoms. The molecule has 1 heterocycles. The first-order valence-electron chi connectivity index (χ1n) is 9.35. The Bertz CT molecular complexity index is 740. The van der Waals surface area contributed by atoms with E-state index < -0.39 is 29.6 Å². The third-order valence-electron chi connectivity index (χ3n) is 4.56. The Kier molecular flexibility index (Phi) is 7.61. The molecule has 0 aromatic heterocycles. The van der Waals surface area contributed by atoms with E-state index in [-0.39, 0.29) is 37.7 Å². The van der Waals surface area contributed by atoms with Gasteiger partial charge < -0.3 is 20.7 Å². The Morgan fingerprint density at radius 2 is 2.07 bits per heavy atom. The minimum atomic E-state index is -4.70. The fraction of sp³-hybridized carbons (Fsp3) is 0.579. The van der Waals surface area contributed by atoms with E-state index in [4.69, 9.17) is 10.5 Å². The van der Waals surface area contributed by atoms with E-state index in [1.54, 1.807) is 11.9 Å². The average Bonchev–Trinajstić information content (AvgIpc) is 2.61. The number of hydrogen-bond acceptors (Lipinski definition) is 5. The van der Waals surface area contributed by atoms with Gasteiger partial charge in [-0.05, 0) is 31.2 Å². The normalized spacial score (nSPS) is 16.4. The molecule has 0 saturated carbocycles. The van der Waals surface area contributed by atoms with Crippen molar-refractivity contribution in [1.29, 1.82) is 0 Å². The lowest BCUT2D eigenvalue weighted by Gasteiger charge is -2.30. The molecule has 0 unspecified atom stereocenters. The van der Waals surface area contributed by atoms with E-state index in [9.17, 15) is 22.8 Å². The molecule has 29 heavy (non-hydrogen) atoms. The highest BCUT2D eigenvalue weighted by atomic mass is 19.4. The Morgan fingerprint density at radius 3 is 2.62 bits per heavy atom. The number of halogens is 3. The highest BCUT2D eigenvalue weighted by molar-refractivity contribution is 5.98. The lowest BCUT2D eigenvalue weighted by atomic mass is 10.1. The maximum absolute atomic E-state index is 13.6. The van der Waals surface area contributed by atoms with Gasteiger partial charge in [0.2, 0.25) is 5.91 Å². The number of nitrogens with zero attached hydrogens (tertiary/aromatic N) is 2. The summed E-state index contributed by atoms with van der Waals surface area (Å²) in [5, 5.41) is 2.51. The second-order valence-electron chi connectivity index (χ2n) is 7.40. The van der Waals surface area contributed by atoms with Gasteiger partial charge in [0.15, 0.2) is 0 Å². The van der Waals surface area contributed by atoms with Gasteiger partial charge in [-0.2, -0.15) is 13.2 Å². The molecule has 2 rings (SSSR count). The second kappa shape index (κ2) is 9.55. The number of hydrogen-bond donors (Lipinski definition) is 2. The van der Waals surface area contributed by atoms with Crippen LogP contribution in [0.5, 0.6) is 0 Å². The number of ether oxygens (including phenoxy) is 1. The van der Waals surface area contributed by atoms with Crippen molar-refractivity contribution < 1.29 is 27.5 Å². The standard InChI is InChI=1S/C19H27F3N4O3/c1-12(2)10-25(3)16(9-23)18(28)24-13-4-5-15(14(8-13)19(20,21)22)26-6-7-29-11-17(26)27/h4-5,8,12,16H,6-7,9-11,23H2,1-3H3,(H,24,28)/t16-/m0/s1. The van der Waals surface area contributed by atoms with Crippen molar-refractivity contribution >= 4 is 23.2 Å². The smallest absolute Gasteiger partial charge is 0.370 e. The minimum Gasteiger partial charge on any atom is -0.370 e. The fourth-order valence-corrected chi connectivity index (χ4v) is 3.26. The number of amides is 2. The summed E-state index contributed by atoms with van der Waals surface area (Å²) in [4.78, 5) is 27.4. The first-order chi connectivity index (χ1) is 13.5. The summed E-state index contributed by atoms with van der Waals surface area (Å²) in [7, 11) is 1.74. The van der Waals surface area contributed by atoms with Crippen LogP contribution in [0.25, 0.3) is 0 Å². The van der Waals surface area contributed by atoms with Gasteiger partial charge in [-0.3, -0.25) is 14.5 Å². The Balaban J connectivity index is 2.28. The largest absolute Gasteiger partial charge is 0.418 e. The highest BCUT2D eigenvalue weighted by Gasteiger charge is 2.37. The summed E-state index contributed by atoms with van der Waals surface area (Å²) in [6.45, 7) is 4.54. The van der Waals surface area contributed by atoms with Gasteiger partial charge in [0.1, 0.15) is 12.6 Å². The molecule has 1 fully saturated rings. The molecular weight excluding hydrogens is 389 g/mol. The molecule has 1 aromatic rings. The zero-order chi connectivity index (χ0) is 21.8. The van der Waals surface area contributed by atoms with E-state index in [1.807, 2.05) is 13.8 Å². The number of carbonyl (C=O) groups is 2. The third-order valence-corrected chi connectivity index (χ3v) is 4.56. The van der Waals surface area contributed by atoms with Crippen molar-refractivity contribution in [1.82, 2.24) is 4.90 Å². The number of rotatable bonds is 7. The van der Waals surface area contributed by atoms with Crippen molar-refractivity contribution in [3.8, 4) is 0 Å². The Labute approximate surface area is 168 Å². The molecule has 1 aliphatic heterocycles. The summed E-state index contributed by atoms with van der Waals surface area (Å²) in [5.41, 5.74) is 4.44. The molecule has 162 valence electrons. The topological polar surface area (TPSA) is 87.9 Å². The number of benzene rings is 1. The molecule has 1 saturated heterocycles. The lowest BCUT2D eigenvalue weighted by molar-refractivity contribution is -0.137. The van der Waals surface area contributed by atoms with Crippen LogP contribution < -0.4 is 16.0 Å². The van der Waals surface area contributed by atoms with Crippen LogP contribution in [0.3, 0.4) is 0 Å². The first kappa shape index (κ1) is 23.1. The van der Waals surface area contributed by atoms with Crippen LogP contribution in [0.1, 0.15) is 19.4 Å². The summed E-state index contributed by atoms with van der Waals surface area (Å²) < 4.78 is 45.9. The van der Waals surface area contributed by atoms with Crippen LogP contribution in [0, 0.1) is 5.92 Å². The van der Waals surface area contributed by atoms with Crippen molar-refractivity contribution in [2.45, 2.75) is 26.1 Å². The number of likely N-dealkylation sites (N-methyl/N-ethyl adjacent to an activating group) is 1. The molecule has 0 spiro atoms. The predicted molar refractivity (Wildman–Crippen MR) is 104 cm³/mol. The van der Waals surface area contributed by atoms with E-state index in [2.05, 4.69) is 5.32 Å². The number of alkyl halides is 3. The predicted octanol–water partition coefficient (Wildman–Crippen LogP) is 1.92. The zero-order valence-electron chi connectivity index (χ0n) is 16.8. The number of nitrogens with two attached hydrogens (primary N) is 1. The quantitative estimate of drug-likeness (QED) is 0.709. The van der Waals surface area contributed by atoms with Gasteiger partial charge in [0.05, 0.1) is 17.9 Å². The first-order valence-corrected chi connectivity index (χ1v) is 9.35. The van der Waals surface area contributed by atoms with Crippen molar-refractivity contribution in [3.63, 3.8) is 0 Å². The number of anilines is 2. The van der Waals surface area contributed by atoms with Crippen LogP contribution in [-0.2, 0) is 20.5 Å². The van der Waals surface area contributed by atoms with E-state index >= 15 is 0 Å². The van der Waals surface area contributed by atoms with E-state index in [0.29, 0.717) is 12.5 Å².